The first-order chi connectivity index (χ1) is 15.4. The van der Waals surface area contributed by atoms with E-state index in [0.29, 0.717) is 33.1 Å². The normalized spacial score (nSPS) is 16.0. The van der Waals surface area contributed by atoms with Crippen LogP contribution in [0.4, 0.5) is 5.69 Å². The van der Waals surface area contributed by atoms with Gasteiger partial charge in [0, 0.05) is 19.2 Å². The molecule has 9 heteroatoms. The average molecular weight is 464 g/mol. The van der Waals surface area contributed by atoms with E-state index in [0.717, 1.165) is 11.1 Å². The molecule has 160 valence electrons. The lowest BCUT2D eigenvalue weighted by Crippen LogP contribution is -2.38. The third-order valence-corrected chi connectivity index (χ3v) is 8.55. The molecule has 1 unspecified atom stereocenters. The Bertz CT molecular complexity index is 1530. The summed E-state index contributed by atoms with van der Waals surface area (Å²) < 4.78 is 46.5. The molecule has 0 spiro atoms. The fourth-order valence-electron chi connectivity index (χ4n) is 3.78. The van der Waals surface area contributed by atoms with Gasteiger partial charge in [0.25, 0.3) is 10.0 Å². The number of anilines is 1. The number of nitriles is 1. The maximum atomic E-state index is 13.6. The summed E-state index contributed by atoms with van der Waals surface area (Å²) in [6.07, 6.45) is 0. The minimum absolute atomic E-state index is 0.0979. The smallest absolute Gasteiger partial charge is 0.264 e. The van der Waals surface area contributed by atoms with Crippen LogP contribution in [0.25, 0.3) is 22.2 Å². The zero-order chi connectivity index (χ0) is 22.5. The van der Waals surface area contributed by atoms with Crippen molar-refractivity contribution < 1.29 is 17.0 Å². The second-order valence-electron chi connectivity index (χ2n) is 7.36. The Morgan fingerprint density at radius 2 is 1.81 bits per heavy atom. The van der Waals surface area contributed by atoms with Gasteiger partial charge in [-0.1, -0.05) is 18.2 Å². The van der Waals surface area contributed by atoms with Gasteiger partial charge >= 0.3 is 0 Å². The molecular formula is C23H17N3O4S2. The van der Waals surface area contributed by atoms with E-state index in [1.54, 1.807) is 49.4 Å². The zero-order valence-corrected chi connectivity index (χ0v) is 18.6. The molecule has 0 N–H and O–H groups in total. The lowest BCUT2D eigenvalue weighted by atomic mass is 10.0. The van der Waals surface area contributed by atoms with Crippen LogP contribution in [0.3, 0.4) is 0 Å². The maximum absolute atomic E-state index is 13.6. The highest BCUT2D eigenvalue weighted by molar-refractivity contribution is 7.93. The predicted octanol–water partition coefficient (Wildman–Crippen LogP) is 3.99. The number of benzene rings is 3. The van der Waals surface area contributed by atoms with Gasteiger partial charge in [0.05, 0.1) is 37.9 Å². The highest BCUT2D eigenvalue weighted by Gasteiger charge is 2.32. The number of sulfonamides is 1. The van der Waals surface area contributed by atoms with Crippen LogP contribution in [0, 0.1) is 18.3 Å². The van der Waals surface area contributed by atoms with Crippen molar-refractivity contribution in [2.75, 3.05) is 16.6 Å². The molecule has 7 nitrogen and oxygen atoms in total. The van der Waals surface area contributed by atoms with Crippen molar-refractivity contribution in [2.45, 2.75) is 16.7 Å². The van der Waals surface area contributed by atoms with Crippen molar-refractivity contribution in [1.82, 2.24) is 4.98 Å². The van der Waals surface area contributed by atoms with Crippen LogP contribution >= 0.6 is 0 Å². The van der Waals surface area contributed by atoms with Crippen molar-refractivity contribution in [3.8, 4) is 17.2 Å². The Balaban J connectivity index is 1.61. The summed E-state index contributed by atoms with van der Waals surface area (Å²) in [5.74, 6) is 0.675. The highest BCUT2D eigenvalue weighted by Crippen LogP contribution is 2.36. The van der Waals surface area contributed by atoms with Crippen molar-refractivity contribution in [3.05, 3.63) is 72.1 Å². The summed E-state index contributed by atoms with van der Waals surface area (Å²) in [7, 11) is -5.21. The summed E-state index contributed by atoms with van der Waals surface area (Å²) in [4.78, 5) is 4.82. The van der Waals surface area contributed by atoms with Crippen LogP contribution < -0.4 is 4.31 Å². The first-order valence-electron chi connectivity index (χ1n) is 9.80. The molecule has 4 aromatic rings. The van der Waals surface area contributed by atoms with E-state index in [1.165, 1.54) is 16.4 Å². The zero-order valence-electron chi connectivity index (χ0n) is 17.0. The average Bonchev–Trinajstić information content (AvgIpc) is 3.18. The van der Waals surface area contributed by atoms with E-state index in [9.17, 15) is 12.6 Å². The number of hydrogen-bond donors (Lipinski definition) is 0. The quantitative estimate of drug-likeness (QED) is 0.455. The van der Waals surface area contributed by atoms with Crippen LogP contribution in [-0.2, 0) is 20.8 Å². The molecule has 0 saturated carbocycles. The number of hydrogen-bond acceptors (Lipinski definition) is 6. The van der Waals surface area contributed by atoms with Gasteiger partial charge in [0.15, 0.2) is 11.5 Å². The molecule has 32 heavy (non-hydrogen) atoms. The van der Waals surface area contributed by atoms with Gasteiger partial charge in [-0.25, -0.2) is 13.4 Å². The molecule has 0 bridgehead atoms. The Morgan fingerprint density at radius 1 is 1.06 bits per heavy atom. The minimum atomic E-state index is -3.92. The monoisotopic (exact) mass is 463 g/mol. The standard InChI is InChI=1S/C23H17N3O4S2/c1-15-25-20-13-19(7-8-22(20)30-15)32(28,29)26-10-11-31(27)23-9-6-18(12-21(23)26)17-4-2-16(14-24)3-5-17/h2-9,12-13H,10-11H2,1H3. The number of rotatable bonds is 3. The van der Waals surface area contributed by atoms with E-state index >= 15 is 0 Å². The van der Waals surface area contributed by atoms with Crippen molar-refractivity contribution in [2.24, 2.45) is 0 Å². The topological polar surface area (TPSA) is 104 Å². The summed E-state index contributed by atoms with van der Waals surface area (Å²) in [6, 6.07) is 19.0. The van der Waals surface area contributed by atoms with Gasteiger partial charge in [-0.05, 0) is 53.6 Å². The van der Waals surface area contributed by atoms with Crippen LogP contribution in [0.2, 0.25) is 0 Å². The number of aromatic nitrogens is 1. The summed E-state index contributed by atoms with van der Waals surface area (Å²) in [6.45, 7) is 1.81. The Kier molecular flexibility index (Phi) is 4.84. The van der Waals surface area contributed by atoms with E-state index in [1.807, 2.05) is 6.07 Å². The summed E-state index contributed by atoms with van der Waals surface area (Å²) >= 11 is 0. The Hall–Kier alpha value is -3.48. The van der Waals surface area contributed by atoms with Gasteiger partial charge in [-0.15, -0.1) is 0 Å². The first-order valence-corrected chi connectivity index (χ1v) is 12.6. The van der Waals surface area contributed by atoms with Crippen molar-refractivity contribution in [3.63, 3.8) is 0 Å². The van der Waals surface area contributed by atoms with Crippen molar-refractivity contribution >= 4 is 37.6 Å². The number of nitrogens with zero attached hydrogens (tertiary/aromatic N) is 3. The summed E-state index contributed by atoms with van der Waals surface area (Å²) in [5, 5.41) is 9.02. The largest absolute Gasteiger partial charge is 0.441 e. The van der Waals surface area contributed by atoms with Crippen LogP contribution in [-0.4, -0.2) is 29.9 Å². The second-order valence-corrected chi connectivity index (χ2v) is 10.8. The molecule has 0 amide bonds. The van der Waals surface area contributed by atoms with Crippen LogP contribution in [0.5, 0.6) is 0 Å². The number of oxazole rings is 1. The molecule has 1 atom stereocenters. The fraction of sp³-hybridized carbons (Fsp3) is 0.130. The Labute approximate surface area is 187 Å². The molecule has 0 radical (unpaired) electrons. The second kappa shape index (κ2) is 7.58. The molecule has 1 aromatic heterocycles. The molecule has 0 aliphatic carbocycles. The molecule has 0 saturated heterocycles. The molecular weight excluding hydrogens is 446 g/mol. The van der Waals surface area contributed by atoms with E-state index < -0.39 is 20.8 Å². The number of aryl methyl sites for hydroxylation is 1. The molecule has 2 heterocycles. The third kappa shape index (κ3) is 3.38. The van der Waals surface area contributed by atoms with Gasteiger partial charge in [0.2, 0.25) is 0 Å². The van der Waals surface area contributed by atoms with Crippen LogP contribution in [0.15, 0.2) is 74.9 Å². The lowest BCUT2D eigenvalue weighted by Gasteiger charge is -2.30. The minimum Gasteiger partial charge on any atom is -0.441 e. The number of fused-ring (bicyclic) bond motifs is 2. The Morgan fingerprint density at radius 3 is 2.56 bits per heavy atom. The van der Waals surface area contributed by atoms with E-state index in [4.69, 9.17) is 9.68 Å². The predicted molar refractivity (Wildman–Crippen MR) is 121 cm³/mol. The SMILES string of the molecule is Cc1nc2cc(S(=O)(=O)N3CCS(=O)c4ccc(-c5ccc(C#N)cc5)cc43)ccc2o1. The molecule has 3 aromatic carbocycles. The molecule has 5 rings (SSSR count). The van der Waals surface area contributed by atoms with E-state index in [2.05, 4.69) is 11.1 Å². The van der Waals surface area contributed by atoms with Crippen LogP contribution in [0.1, 0.15) is 11.5 Å². The summed E-state index contributed by atoms with van der Waals surface area (Å²) in [5.41, 5.74) is 3.53. The maximum Gasteiger partial charge on any atom is 0.264 e. The molecule has 1 aliphatic heterocycles. The van der Waals surface area contributed by atoms with Crippen molar-refractivity contribution in [1.29, 1.82) is 5.26 Å². The highest BCUT2D eigenvalue weighted by atomic mass is 32.2. The van der Waals surface area contributed by atoms with Gasteiger partial charge < -0.3 is 4.42 Å². The van der Waals surface area contributed by atoms with Gasteiger partial charge in [-0.3, -0.25) is 8.51 Å². The fourth-order valence-corrected chi connectivity index (χ4v) is 6.64. The molecule has 0 fully saturated rings. The first kappa shape index (κ1) is 20.4. The molecule has 1 aliphatic rings. The van der Waals surface area contributed by atoms with Gasteiger partial charge in [-0.2, -0.15) is 5.26 Å². The van der Waals surface area contributed by atoms with Gasteiger partial charge in [0.1, 0.15) is 5.52 Å². The van der Waals surface area contributed by atoms with E-state index in [-0.39, 0.29) is 17.2 Å². The third-order valence-electron chi connectivity index (χ3n) is 5.35. The lowest BCUT2D eigenvalue weighted by molar-refractivity contribution is 0.561.